The Balaban J connectivity index is 1.53. The van der Waals surface area contributed by atoms with E-state index < -0.39 is 0 Å². The van der Waals surface area contributed by atoms with Gasteiger partial charge in [-0.25, -0.2) is 0 Å². The third-order valence-electron chi connectivity index (χ3n) is 4.39. The highest BCUT2D eigenvalue weighted by atomic mass is 16.5. The summed E-state index contributed by atoms with van der Waals surface area (Å²) in [6.07, 6.45) is 8.29. The first kappa shape index (κ1) is 13.5. The molecular weight excluding hydrogens is 278 g/mol. The Kier molecular flexibility index (Phi) is 3.42. The molecule has 22 heavy (non-hydrogen) atoms. The highest BCUT2D eigenvalue weighted by Gasteiger charge is 2.36. The Morgan fingerprint density at radius 1 is 1.27 bits per heavy atom. The number of carbonyl (C=O) groups is 1. The standard InChI is InChI=1S/C17H19N3O2/c21-17(20-9-10-22-16(12-20)13-3-4-13)15-11-14(5-6-18-15)19-7-1-2-8-19/h1-2,5-8,11,13,16H,3-4,9-10,12H2. The molecule has 0 bridgehead atoms. The summed E-state index contributed by atoms with van der Waals surface area (Å²) in [7, 11) is 0. The van der Waals surface area contributed by atoms with E-state index in [9.17, 15) is 4.79 Å². The fourth-order valence-corrected chi connectivity index (χ4v) is 2.98. The molecule has 5 nitrogen and oxygen atoms in total. The molecule has 2 aromatic heterocycles. The number of carbonyl (C=O) groups excluding carboxylic acids is 1. The van der Waals surface area contributed by atoms with E-state index in [-0.39, 0.29) is 12.0 Å². The zero-order valence-electron chi connectivity index (χ0n) is 12.4. The second-order valence-corrected chi connectivity index (χ2v) is 5.99. The van der Waals surface area contributed by atoms with Gasteiger partial charge in [0.2, 0.25) is 0 Å². The van der Waals surface area contributed by atoms with Gasteiger partial charge in [0.1, 0.15) is 5.69 Å². The molecule has 0 N–H and O–H groups in total. The van der Waals surface area contributed by atoms with Crippen molar-refractivity contribution in [3.05, 3.63) is 48.5 Å². The van der Waals surface area contributed by atoms with E-state index in [2.05, 4.69) is 4.98 Å². The molecule has 0 aromatic carbocycles. The van der Waals surface area contributed by atoms with Gasteiger partial charge in [-0.2, -0.15) is 0 Å². The van der Waals surface area contributed by atoms with Crippen LogP contribution >= 0.6 is 0 Å². The zero-order chi connectivity index (χ0) is 14.9. The normalized spacial score (nSPS) is 21.8. The molecule has 0 radical (unpaired) electrons. The minimum Gasteiger partial charge on any atom is -0.374 e. The molecule has 1 atom stereocenters. The zero-order valence-corrected chi connectivity index (χ0v) is 12.4. The topological polar surface area (TPSA) is 47.4 Å². The number of pyridine rings is 1. The van der Waals surface area contributed by atoms with Crippen molar-refractivity contribution in [3.63, 3.8) is 0 Å². The second kappa shape index (κ2) is 5.57. The minimum absolute atomic E-state index is 0.00274. The van der Waals surface area contributed by atoms with E-state index in [4.69, 9.17) is 4.74 Å². The van der Waals surface area contributed by atoms with E-state index in [1.54, 1.807) is 6.20 Å². The minimum atomic E-state index is 0.00274. The van der Waals surface area contributed by atoms with Gasteiger partial charge in [0.15, 0.2) is 0 Å². The van der Waals surface area contributed by atoms with Crippen molar-refractivity contribution in [2.24, 2.45) is 5.92 Å². The smallest absolute Gasteiger partial charge is 0.272 e. The number of morpholine rings is 1. The van der Waals surface area contributed by atoms with Gasteiger partial charge in [-0.15, -0.1) is 0 Å². The maximum Gasteiger partial charge on any atom is 0.272 e. The average Bonchev–Trinajstić information content (AvgIpc) is 3.29. The van der Waals surface area contributed by atoms with Crippen LogP contribution in [0, 0.1) is 5.92 Å². The molecule has 1 amide bonds. The Bertz CT molecular complexity index is 664. The molecule has 1 aliphatic carbocycles. The maximum atomic E-state index is 12.7. The quantitative estimate of drug-likeness (QED) is 0.872. The van der Waals surface area contributed by atoms with Crippen LogP contribution in [-0.4, -0.2) is 46.2 Å². The van der Waals surface area contributed by atoms with Gasteiger partial charge < -0.3 is 14.2 Å². The van der Waals surface area contributed by atoms with E-state index in [1.165, 1.54) is 12.8 Å². The first-order valence-corrected chi connectivity index (χ1v) is 7.81. The fourth-order valence-electron chi connectivity index (χ4n) is 2.98. The molecule has 114 valence electrons. The summed E-state index contributed by atoms with van der Waals surface area (Å²) in [5.41, 5.74) is 1.46. The third kappa shape index (κ3) is 2.64. The van der Waals surface area contributed by atoms with Crippen molar-refractivity contribution in [1.82, 2.24) is 14.5 Å². The largest absolute Gasteiger partial charge is 0.374 e. The molecule has 0 spiro atoms. The number of nitrogens with zero attached hydrogens (tertiary/aromatic N) is 3. The summed E-state index contributed by atoms with van der Waals surface area (Å²) in [5, 5.41) is 0. The van der Waals surface area contributed by atoms with Crippen LogP contribution in [0.15, 0.2) is 42.9 Å². The van der Waals surface area contributed by atoms with Crippen molar-refractivity contribution in [2.45, 2.75) is 18.9 Å². The van der Waals surface area contributed by atoms with Crippen LogP contribution in [0.25, 0.3) is 5.69 Å². The Hall–Kier alpha value is -2.14. The second-order valence-electron chi connectivity index (χ2n) is 5.99. The fraction of sp³-hybridized carbons (Fsp3) is 0.412. The lowest BCUT2D eigenvalue weighted by Gasteiger charge is -2.33. The number of aromatic nitrogens is 2. The highest BCUT2D eigenvalue weighted by Crippen LogP contribution is 2.35. The van der Waals surface area contributed by atoms with Crippen LogP contribution in [0.2, 0.25) is 0 Å². The Morgan fingerprint density at radius 3 is 2.86 bits per heavy atom. The van der Waals surface area contributed by atoms with Gasteiger partial charge >= 0.3 is 0 Å². The van der Waals surface area contributed by atoms with Gasteiger partial charge in [0.25, 0.3) is 5.91 Å². The predicted octanol–water partition coefficient (Wildman–Crippen LogP) is 2.12. The molecule has 3 heterocycles. The average molecular weight is 297 g/mol. The molecule has 1 saturated heterocycles. The summed E-state index contributed by atoms with van der Waals surface area (Å²) in [6, 6.07) is 7.68. The van der Waals surface area contributed by atoms with E-state index in [1.807, 2.05) is 46.1 Å². The van der Waals surface area contributed by atoms with Gasteiger partial charge in [-0.3, -0.25) is 9.78 Å². The highest BCUT2D eigenvalue weighted by molar-refractivity contribution is 5.92. The first-order chi connectivity index (χ1) is 10.8. The Morgan fingerprint density at radius 2 is 2.09 bits per heavy atom. The molecule has 2 fully saturated rings. The van der Waals surface area contributed by atoms with Gasteiger partial charge in [-0.05, 0) is 43.0 Å². The monoisotopic (exact) mass is 297 g/mol. The molecule has 1 unspecified atom stereocenters. The van der Waals surface area contributed by atoms with Crippen molar-refractivity contribution >= 4 is 5.91 Å². The summed E-state index contributed by atoms with van der Waals surface area (Å²) in [4.78, 5) is 18.9. The van der Waals surface area contributed by atoms with Crippen LogP contribution in [0.4, 0.5) is 0 Å². The maximum absolute atomic E-state index is 12.7. The first-order valence-electron chi connectivity index (χ1n) is 7.81. The van der Waals surface area contributed by atoms with E-state index in [0.29, 0.717) is 31.3 Å². The summed E-state index contributed by atoms with van der Waals surface area (Å²) in [5.74, 6) is 0.651. The number of ether oxygens (including phenoxy) is 1. The lowest BCUT2D eigenvalue weighted by Crippen LogP contribution is -2.46. The number of rotatable bonds is 3. The van der Waals surface area contributed by atoms with Crippen molar-refractivity contribution in [2.75, 3.05) is 19.7 Å². The molecule has 5 heteroatoms. The molecule has 2 aromatic rings. The molecule has 1 aliphatic heterocycles. The number of hydrogen-bond acceptors (Lipinski definition) is 3. The predicted molar refractivity (Wildman–Crippen MR) is 81.9 cm³/mol. The van der Waals surface area contributed by atoms with Crippen molar-refractivity contribution in [3.8, 4) is 5.69 Å². The molecule has 4 rings (SSSR count). The van der Waals surface area contributed by atoms with Crippen LogP contribution in [0.1, 0.15) is 23.3 Å². The van der Waals surface area contributed by atoms with Crippen LogP contribution in [0.5, 0.6) is 0 Å². The van der Waals surface area contributed by atoms with Gasteiger partial charge in [-0.1, -0.05) is 0 Å². The van der Waals surface area contributed by atoms with Gasteiger partial charge in [0, 0.05) is 37.4 Å². The van der Waals surface area contributed by atoms with E-state index >= 15 is 0 Å². The van der Waals surface area contributed by atoms with E-state index in [0.717, 1.165) is 5.69 Å². The third-order valence-corrected chi connectivity index (χ3v) is 4.39. The molecule has 1 saturated carbocycles. The van der Waals surface area contributed by atoms with Crippen LogP contribution in [-0.2, 0) is 4.74 Å². The number of amides is 1. The molecule has 2 aliphatic rings. The lowest BCUT2D eigenvalue weighted by atomic mass is 10.1. The molecular formula is C17H19N3O2. The van der Waals surface area contributed by atoms with Gasteiger partial charge in [0.05, 0.1) is 12.7 Å². The summed E-state index contributed by atoms with van der Waals surface area (Å²) in [6.45, 7) is 1.97. The van der Waals surface area contributed by atoms with Crippen LogP contribution < -0.4 is 0 Å². The SMILES string of the molecule is O=C(c1cc(-n2cccc2)ccn1)N1CCOC(C2CC2)C1. The summed E-state index contributed by atoms with van der Waals surface area (Å²) >= 11 is 0. The lowest BCUT2D eigenvalue weighted by molar-refractivity contribution is -0.0315. The van der Waals surface area contributed by atoms with Crippen molar-refractivity contribution in [1.29, 1.82) is 0 Å². The van der Waals surface area contributed by atoms with Crippen LogP contribution in [0.3, 0.4) is 0 Å². The van der Waals surface area contributed by atoms with Crippen molar-refractivity contribution < 1.29 is 9.53 Å². The summed E-state index contributed by atoms with van der Waals surface area (Å²) < 4.78 is 7.76. The Labute approximate surface area is 129 Å². The number of hydrogen-bond donors (Lipinski definition) is 0.